The molecule has 0 N–H and O–H groups in total. The van der Waals surface area contributed by atoms with Crippen LogP contribution in [0.25, 0.3) is 0 Å². The molecule has 1 aromatic rings. The SMILES string of the molecule is CCC(=O)C1CCCN(c2ccc(I)cc2)C1=O. The summed E-state index contributed by atoms with van der Waals surface area (Å²) in [6.45, 7) is 2.53. The quantitative estimate of drug-likeness (QED) is 0.616. The number of ketones is 1. The molecular weight excluding hydrogens is 341 g/mol. The molecule has 1 atom stereocenters. The van der Waals surface area contributed by atoms with Crippen LogP contribution in [0.5, 0.6) is 0 Å². The lowest BCUT2D eigenvalue weighted by Gasteiger charge is -2.31. The highest BCUT2D eigenvalue weighted by molar-refractivity contribution is 14.1. The van der Waals surface area contributed by atoms with Crippen molar-refractivity contribution in [3.8, 4) is 0 Å². The fourth-order valence-corrected chi connectivity index (χ4v) is 2.66. The maximum atomic E-state index is 12.3. The Labute approximate surface area is 121 Å². The number of hydrogen-bond acceptors (Lipinski definition) is 2. The molecule has 0 saturated carbocycles. The largest absolute Gasteiger partial charge is 0.312 e. The van der Waals surface area contributed by atoms with Crippen LogP contribution in [0.3, 0.4) is 0 Å². The first kappa shape index (κ1) is 13.5. The van der Waals surface area contributed by atoms with Gasteiger partial charge in [-0.2, -0.15) is 0 Å². The highest BCUT2D eigenvalue weighted by atomic mass is 127. The van der Waals surface area contributed by atoms with E-state index in [0.29, 0.717) is 19.4 Å². The van der Waals surface area contributed by atoms with Crippen molar-refractivity contribution in [1.29, 1.82) is 0 Å². The summed E-state index contributed by atoms with van der Waals surface area (Å²) in [5, 5.41) is 0. The Balaban J connectivity index is 2.21. The van der Waals surface area contributed by atoms with Gasteiger partial charge in [0.1, 0.15) is 5.78 Å². The summed E-state index contributed by atoms with van der Waals surface area (Å²) in [4.78, 5) is 25.8. The number of anilines is 1. The molecule has 18 heavy (non-hydrogen) atoms. The summed E-state index contributed by atoms with van der Waals surface area (Å²) < 4.78 is 1.14. The number of carbonyl (C=O) groups is 2. The number of piperidine rings is 1. The lowest BCUT2D eigenvalue weighted by molar-refractivity contribution is -0.133. The third-order valence-electron chi connectivity index (χ3n) is 3.31. The van der Waals surface area contributed by atoms with E-state index in [9.17, 15) is 9.59 Å². The summed E-state index contributed by atoms with van der Waals surface area (Å²) in [7, 11) is 0. The first-order valence-electron chi connectivity index (χ1n) is 6.23. The van der Waals surface area contributed by atoms with Crippen LogP contribution in [0.4, 0.5) is 5.69 Å². The monoisotopic (exact) mass is 357 g/mol. The summed E-state index contributed by atoms with van der Waals surface area (Å²) in [6.07, 6.45) is 2.04. The number of carbonyl (C=O) groups excluding carboxylic acids is 2. The fraction of sp³-hybridized carbons (Fsp3) is 0.429. The second-order valence-electron chi connectivity index (χ2n) is 4.48. The van der Waals surface area contributed by atoms with Crippen LogP contribution in [0, 0.1) is 9.49 Å². The minimum absolute atomic E-state index is 0.0330. The molecule has 1 unspecified atom stereocenters. The van der Waals surface area contributed by atoms with Gasteiger partial charge in [0.15, 0.2) is 0 Å². The molecule has 1 aliphatic heterocycles. The zero-order valence-corrected chi connectivity index (χ0v) is 12.5. The summed E-state index contributed by atoms with van der Waals surface area (Å²) >= 11 is 2.24. The summed E-state index contributed by atoms with van der Waals surface area (Å²) in [5.41, 5.74) is 0.897. The Morgan fingerprint density at radius 3 is 2.67 bits per heavy atom. The minimum Gasteiger partial charge on any atom is -0.312 e. The second-order valence-corrected chi connectivity index (χ2v) is 5.73. The van der Waals surface area contributed by atoms with Crippen molar-refractivity contribution < 1.29 is 9.59 Å². The molecular formula is C14H16INO2. The van der Waals surface area contributed by atoms with E-state index in [4.69, 9.17) is 0 Å². The normalized spacial score (nSPS) is 20.0. The highest BCUT2D eigenvalue weighted by Crippen LogP contribution is 2.26. The van der Waals surface area contributed by atoms with Gasteiger partial charge < -0.3 is 4.90 Å². The first-order valence-corrected chi connectivity index (χ1v) is 7.31. The van der Waals surface area contributed by atoms with Crippen molar-refractivity contribution in [3.05, 3.63) is 27.8 Å². The van der Waals surface area contributed by atoms with E-state index in [-0.39, 0.29) is 11.7 Å². The van der Waals surface area contributed by atoms with Crippen molar-refractivity contribution in [1.82, 2.24) is 0 Å². The van der Waals surface area contributed by atoms with Gasteiger partial charge in [-0.1, -0.05) is 6.92 Å². The maximum Gasteiger partial charge on any atom is 0.237 e. The molecule has 0 radical (unpaired) electrons. The van der Waals surface area contributed by atoms with Gasteiger partial charge in [-0.25, -0.2) is 0 Å². The van der Waals surface area contributed by atoms with E-state index in [0.717, 1.165) is 15.7 Å². The Bertz CT molecular complexity index is 455. The number of benzene rings is 1. The fourth-order valence-electron chi connectivity index (χ4n) is 2.30. The molecule has 96 valence electrons. The van der Waals surface area contributed by atoms with Crippen molar-refractivity contribution in [2.45, 2.75) is 26.2 Å². The van der Waals surface area contributed by atoms with Crippen molar-refractivity contribution in [2.75, 3.05) is 11.4 Å². The topological polar surface area (TPSA) is 37.4 Å². The Kier molecular flexibility index (Phi) is 4.37. The highest BCUT2D eigenvalue weighted by Gasteiger charge is 2.33. The zero-order valence-electron chi connectivity index (χ0n) is 10.4. The summed E-state index contributed by atoms with van der Waals surface area (Å²) in [6, 6.07) is 7.85. The van der Waals surface area contributed by atoms with Gasteiger partial charge in [0.2, 0.25) is 5.91 Å². The predicted molar refractivity (Wildman–Crippen MR) is 79.5 cm³/mol. The Morgan fingerprint density at radius 2 is 2.06 bits per heavy atom. The van der Waals surface area contributed by atoms with Gasteiger partial charge >= 0.3 is 0 Å². The van der Waals surface area contributed by atoms with Crippen LogP contribution in [0.1, 0.15) is 26.2 Å². The molecule has 1 amide bonds. The van der Waals surface area contributed by atoms with Gasteiger partial charge in [-0.05, 0) is 59.7 Å². The summed E-state index contributed by atoms with van der Waals surface area (Å²) in [5.74, 6) is -0.396. The van der Waals surface area contributed by atoms with Crippen molar-refractivity contribution in [3.63, 3.8) is 0 Å². The van der Waals surface area contributed by atoms with Crippen LogP contribution in [0.15, 0.2) is 24.3 Å². The maximum absolute atomic E-state index is 12.3. The number of nitrogens with zero attached hydrogens (tertiary/aromatic N) is 1. The molecule has 1 heterocycles. The smallest absolute Gasteiger partial charge is 0.237 e. The molecule has 0 bridgehead atoms. The van der Waals surface area contributed by atoms with Gasteiger partial charge in [-0.3, -0.25) is 9.59 Å². The third-order valence-corrected chi connectivity index (χ3v) is 4.03. The van der Waals surface area contributed by atoms with E-state index in [2.05, 4.69) is 22.6 Å². The number of amides is 1. The molecule has 4 heteroatoms. The molecule has 2 rings (SSSR count). The van der Waals surface area contributed by atoms with Gasteiger partial charge in [0.05, 0.1) is 5.92 Å². The molecule has 3 nitrogen and oxygen atoms in total. The van der Waals surface area contributed by atoms with Gasteiger partial charge in [0.25, 0.3) is 0 Å². The van der Waals surface area contributed by atoms with Gasteiger partial charge in [0, 0.05) is 22.2 Å². The van der Waals surface area contributed by atoms with Crippen LogP contribution in [-0.4, -0.2) is 18.2 Å². The standard InChI is InChI=1S/C14H16INO2/c1-2-13(17)12-4-3-9-16(14(12)18)11-7-5-10(15)6-8-11/h5-8,12H,2-4,9H2,1H3. The molecule has 0 aromatic heterocycles. The molecule has 1 aliphatic rings. The van der Waals surface area contributed by atoms with E-state index >= 15 is 0 Å². The number of hydrogen-bond donors (Lipinski definition) is 0. The molecule has 1 fully saturated rings. The van der Waals surface area contributed by atoms with Crippen LogP contribution in [0.2, 0.25) is 0 Å². The average Bonchev–Trinajstić information content (AvgIpc) is 2.39. The number of halogens is 1. The zero-order chi connectivity index (χ0) is 13.1. The first-order chi connectivity index (χ1) is 8.63. The van der Waals surface area contributed by atoms with E-state index < -0.39 is 5.92 Å². The van der Waals surface area contributed by atoms with Crippen LogP contribution < -0.4 is 4.90 Å². The van der Waals surface area contributed by atoms with Crippen LogP contribution >= 0.6 is 22.6 Å². The lowest BCUT2D eigenvalue weighted by Crippen LogP contribution is -2.44. The number of rotatable bonds is 3. The van der Waals surface area contributed by atoms with E-state index in [1.54, 1.807) is 4.90 Å². The molecule has 0 spiro atoms. The molecule has 1 saturated heterocycles. The van der Waals surface area contributed by atoms with E-state index in [1.807, 2.05) is 31.2 Å². The second kappa shape index (κ2) is 5.82. The van der Waals surface area contributed by atoms with Gasteiger partial charge in [-0.15, -0.1) is 0 Å². The minimum atomic E-state index is -0.428. The van der Waals surface area contributed by atoms with Crippen molar-refractivity contribution >= 4 is 40.0 Å². The van der Waals surface area contributed by atoms with Crippen LogP contribution in [-0.2, 0) is 9.59 Å². The molecule has 1 aromatic carbocycles. The number of Topliss-reactive ketones (excluding diaryl/α,β-unsaturated/α-hetero) is 1. The van der Waals surface area contributed by atoms with Crippen molar-refractivity contribution in [2.24, 2.45) is 5.92 Å². The Morgan fingerprint density at radius 1 is 1.39 bits per heavy atom. The Hall–Kier alpha value is -0.910. The third kappa shape index (κ3) is 2.74. The average molecular weight is 357 g/mol. The lowest BCUT2D eigenvalue weighted by atomic mass is 9.91. The molecule has 0 aliphatic carbocycles. The predicted octanol–water partition coefficient (Wildman–Crippen LogP) is 3.01. The van der Waals surface area contributed by atoms with E-state index in [1.165, 1.54) is 0 Å².